The van der Waals surface area contributed by atoms with Gasteiger partial charge >= 0.3 is 0 Å². The largest absolute Gasteiger partial charge is 0.379 e. The lowest BCUT2D eigenvalue weighted by Crippen LogP contribution is -2.39. The third-order valence-corrected chi connectivity index (χ3v) is 3.33. The van der Waals surface area contributed by atoms with Gasteiger partial charge in [0.2, 0.25) is 0 Å². The summed E-state index contributed by atoms with van der Waals surface area (Å²) in [6, 6.07) is 0. The number of hydrogen-bond acceptors (Lipinski definition) is 3. The molecule has 2 fully saturated rings. The van der Waals surface area contributed by atoms with E-state index in [1.807, 2.05) is 7.05 Å². The Hall–Kier alpha value is -0.810. The molecule has 18 heavy (non-hydrogen) atoms. The van der Waals surface area contributed by atoms with E-state index < -0.39 is 0 Å². The second-order valence-electron chi connectivity index (χ2n) is 5.03. The molecule has 0 spiro atoms. The molecule has 104 valence electrons. The van der Waals surface area contributed by atoms with E-state index in [1.165, 1.54) is 12.8 Å². The minimum Gasteiger partial charge on any atom is -0.379 e. The summed E-state index contributed by atoms with van der Waals surface area (Å²) in [6.07, 6.45) is 5.08. The van der Waals surface area contributed by atoms with Crippen molar-refractivity contribution >= 4 is 5.96 Å². The quantitative estimate of drug-likeness (QED) is 0.400. The molecule has 1 saturated heterocycles. The normalized spacial score (nSPS) is 24.3. The molecule has 0 aromatic heterocycles. The Morgan fingerprint density at radius 1 is 1.33 bits per heavy atom. The van der Waals surface area contributed by atoms with E-state index in [0.717, 1.165) is 57.6 Å². The van der Waals surface area contributed by atoms with Gasteiger partial charge in [0.25, 0.3) is 0 Å². The lowest BCUT2D eigenvalue weighted by Gasteiger charge is -2.12. The van der Waals surface area contributed by atoms with Crippen LogP contribution in [0.15, 0.2) is 4.99 Å². The van der Waals surface area contributed by atoms with Crippen LogP contribution in [-0.4, -0.2) is 52.0 Å². The number of nitrogens with zero attached hydrogens (tertiary/aromatic N) is 1. The zero-order valence-electron chi connectivity index (χ0n) is 11.3. The second-order valence-corrected chi connectivity index (χ2v) is 5.03. The van der Waals surface area contributed by atoms with Gasteiger partial charge in [0, 0.05) is 33.4 Å². The number of guanidine groups is 1. The number of aliphatic imine (C=N–C) groups is 1. The van der Waals surface area contributed by atoms with Crippen LogP contribution < -0.4 is 10.6 Å². The number of ether oxygens (including phenoxy) is 2. The lowest BCUT2D eigenvalue weighted by atomic mass is 10.3. The minimum atomic E-state index is 0.317. The van der Waals surface area contributed by atoms with E-state index >= 15 is 0 Å². The van der Waals surface area contributed by atoms with Crippen molar-refractivity contribution < 1.29 is 9.47 Å². The van der Waals surface area contributed by atoms with E-state index in [2.05, 4.69) is 15.6 Å². The molecule has 0 aromatic carbocycles. The van der Waals surface area contributed by atoms with Gasteiger partial charge in [0.05, 0.1) is 12.7 Å². The molecular weight excluding hydrogens is 230 g/mol. The van der Waals surface area contributed by atoms with Crippen molar-refractivity contribution in [1.29, 1.82) is 0 Å². The molecule has 0 aromatic rings. The summed E-state index contributed by atoms with van der Waals surface area (Å²) in [7, 11) is 1.81. The molecule has 0 radical (unpaired) electrons. The van der Waals surface area contributed by atoms with Crippen LogP contribution in [-0.2, 0) is 9.47 Å². The molecule has 1 aliphatic carbocycles. The fraction of sp³-hybridized carbons (Fsp3) is 0.923. The molecule has 1 unspecified atom stereocenters. The molecule has 5 nitrogen and oxygen atoms in total. The maximum absolute atomic E-state index is 5.70. The SMILES string of the molecule is CN=C(NCCCOC1CCOC1)NCC1CC1. The highest BCUT2D eigenvalue weighted by Gasteiger charge is 2.21. The van der Waals surface area contributed by atoms with Crippen LogP contribution in [0.25, 0.3) is 0 Å². The molecule has 2 aliphatic rings. The highest BCUT2D eigenvalue weighted by Crippen LogP contribution is 2.27. The fourth-order valence-corrected chi connectivity index (χ4v) is 1.96. The molecule has 0 bridgehead atoms. The van der Waals surface area contributed by atoms with Crippen molar-refractivity contribution in [2.45, 2.75) is 31.8 Å². The number of rotatable bonds is 7. The van der Waals surface area contributed by atoms with E-state index in [-0.39, 0.29) is 0 Å². The standard InChI is InChI=1S/C13H25N3O2/c1-14-13(16-9-11-3-4-11)15-6-2-7-18-12-5-8-17-10-12/h11-12H,2-10H2,1H3,(H2,14,15,16). The molecule has 1 aliphatic heterocycles. The van der Waals surface area contributed by atoms with Crippen LogP contribution in [0.3, 0.4) is 0 Å². The summed E-state index contributed by atoms with van der Waals surface area (Å²) < 4.78 is 11.0. The van der Waals surface area contributed by atoms with E-state index in [1.54, 1.807) is 0 Å². The van der Waals surface area contributed by atoms with Gasteiger partial charge in [-0.25, -0.2) is 0 Å². The van der Waals surface area contributed by atoms with Crippen molar-refractivity contribution in [3.05, 3.63) is 0 Å². The highest BCUT2D eigenvalue weighted by atomic mass is 16.5. The third-order valence-electron chi connectivity index (χ3n) is 3.33. The Morgan fingerprint density at radius 3 is 2.89 bits per heavy atom. The Labute approximate surface area is 109 Å². The van der Waals surface area contributed by atoms with Crippen molar-refractivity contribution in [2.75, 3.05) is 40.0 Å². The fourth-order valence-electron chi connectivity index (χ4n) is 1.96. The van der Waals surface area contributed by atoms with Gasteiger partial charge in [-0.2, -0.15) is 0 Å². The van der Waals surface area contributed by atoms with Gasteiger partial charge in [-0.05, 0) is 31.6 Å². The predicted octanol–water partition coefficient (Wildman–Crippen LogP) is 0.757. The first kappa shape index (κ1) is 13.6. The highest BCUT2D eigenvalue weighted by molar-refractivity contribution is 5.79. The molecule has 0 amide bonds. The molecular formula is C13H25N3O2. The van der Waals surface area contributed by atoms with E-state index in [9.17, 15) is 0 Å². The molecule has 1 heterocycles. The zero-order chi connectivity index (χ0) is 12.6. The summed E-state index contributed by atoms with van der Waals surface area (Å²) in [5.74, 6) is 1.78. The maximum Gasteiger partial charge on any atom is 0.190 e. The molecule has 5 heteroatoms. The van der Waals surface area contributed by atoms with Crippen LogP contribution in [0.1, 0.15) is 25.7 Å². The van der Waals surface area contributed by atoms with Crippen LogP contribution in [0.2, 0.25) is 0 Å². The average Bonchev–Trinajstić information content (AvgIpc) is 3.07. The third kappa shape index (κ3) is 5.23. The summed E-state index contributed by atoms with van der Waals surface area (Å²) in [5, 5.41) is 6.65. The maximum atomic E-state index is 5.70. The van der Waals surface area contributed by atoms with Gasteiger partial charge in [-0.3, -0.25) is 4.99 Å². The molecule has 2 N–H and O–H groups in total. The minimum absolute atomic E-state index is 0.317. The van der Waals surface area contributed by atoms with Gasteiger partial charge in [0.15, 0.2) is 5.96 Å². The summed E-state index contributed by atoms with van der Waals surface area (Å²) >= 11 is 0. The van der Waals surface area contributed by atoms with Crippen molar-refractivity contribution in [3.8, 4) is 0 Å². The Bertz CT molecular complexity index is 261. The van der Waals surface area contributed by atoms with E-state index in [0.29, 0.717) is 6.10 Å². The topological polar surface area (TPSA) is 54.9 Å². The van der Waals surface area contributed by atoms with Gasteiger partial charge in [-0.1, -0.05) is 0 Å². The van der Waals surface area contributed by atoms with Crippen molar-refractivity contribution in [2.24, 2.45) is 10.9 Å². The first-order valence-electron chi connectivity index (χ1n) is 7.02. The Morgan fingerprint density at radius 2 is 2.22 bits per heavy atom. The summed E-state index contributed by atoms with van der Waals surface area (Å²) in [4.78, 5) is 4.20. The van der Waals surface area contributed by atoms with Crippen LogP contribution in [0.5, 0.6) is 0 Å². The smallest absolute Gasteiger partial charge is 0.190 e. The predicted molar refractivity (Wildman–Crippen MR) is 71.9 cm³/mol. The Kier molecular flexibility index (Phi) is 5.74. The summed E-state index contributed by atoms with van der Waals surface area (Å²) in [5.41, 5.74) is 0. The van der Waals surface area contributed by atoms with Crippen LogP contribution >= 0.6 is 0 Å². The molecule has 1 atom stereocenters. The first-order chi connectivity index (χ1) is 8.88. The monoisotopic (exact) mass is 255 g/mol. The number of nitrogens with one attached hydrogen (secondary N) is 2. The van der Waals surface area contributed by atoms with Crippen molar-refractivity contribution in [3.63, 3.8) is 0 Å². The molecule has 2 rings (SSSR count). The van der Waals surface area contributed by atoms with Crippen molar-refractivity contribution in [1.82, 2.24) is 10.6 Å². The average molecular weight is 255 g/mol. The lowest BCUT2D eigenvalue weighted by molar-refractivity contribution is 0.0420. The van der Waals surface area contributed by atoms with Crippen LogP contribution in [0.4, 0.5) is 0 Å². The number of hydrogen-bond donors (Lipinski definition) is 2. The summed E-state index contributed by atoms with van der Waals surface area (Å²) in [6.45, 7) is 4.35. The van der Waals surface area contributed by atoms with E-state index in [4.69, 9.17) is 9.47 Å². The second kappa shape index (κ2) is 7.59. The van der Waals surface area contributed by atoms with Gasteiger partial charge in [-0.15, -0.1) is 0 Å². The zero-order valence-corrected chi connectivity index (χ0v) is 11.3. The molecule has 1 saturated carbocycles. The van der Waals surface area contributed by atoms with Crippen LogP contribution in [0, 0.1) is 5.92 Å². The van der Waals surface area contributed by atoms with Gasteiger partial charge in [0.1, 0.15) is 0 Å². The Balaban J connectivity index is 1.45. The van der Waals surface area contributed by atoms with Gasteiger partial charge < -0.3 is 20.1 Å². The first-order valence-corrected chi connectivity index (χ1v) is 7.02.